The second-order valence-corrected chi connectivity index (χ2v) is 8.52. The molecule has 10 nitrogen and oxygen atoms in total. The number of primary sulfonamides is 1. The number of rotatable bonds is 6. The monoisotopic (exact) mass is 439 g/mol. The number of hydrogen-bond acceptors (Lipinski definition) is 8. The summed E-state index contributed by atoms with van der Waals surface area (Å²) >= 11 is 0. The average molecular weight is 440 g/mol. The van der Waals surface area contributed by atoms with Gasteiger partial charge in [0, 0.05) is 43.3 Å². The summed E-state index contributed by atoms with van der Waals surface area (Å²) in [7, 11) is -0.235. The predicted molar refractivity (Wildman–Crippen MR) is 118 cm³/mol. The molecule has 11 heteroatoms. The van der Waals surface area contributed by atoms with Crippen LogP contribution >= 0.6 is 0 Å². The van der Waals surface area contributed by atoms with Crippen LogP contribution in [0.3, 0.4) is 0 Å². The van der Waals surface area contributed by atoms with Gasteiger partial charge < -0.3 is 15.3 Å². The molecule has 31 heavy (non-hydrogen) atoms. The lowest BCUT2D eigenvalue weighted by atomic mass is 10.2. The first-order valence-corrected chi connectivity index (χ1v) is 10.8. The second-order valence-electron chi connectivity index (χ2n) is 6.99. The summed E-state index contributed by atoms with van der Waals surface area (Å²) in [5, 5.41) is 23.1. The van der Waals surface area contributed by atoms with Crippen LogP contribution in [0, 0.1) is 0 Å². The van der Waals surface area contributed by atoms with Gasteiger partial charge in [-0.2, -0.15) is 10.1 Å². The molecule has 4 aromatic rings. The van der Waals surface area contributed by atoms with Gasteiger partial charge in [0.15, 0.2) is 0 Å². The van der Waals surface area contributed by atoms with Crippen molar-refractivity contribution in [1.82, 2.24) is 19.7 Å². The van der Waals surface area contributed by atoms with Crippen molar-refractivity contribution in [3.8, 4) is 0 Å². The minimum absolute atomic E-state index is 0.156. The first-order valence-electron chi connectivity index (χ1n) is 9.28. The van der Waals surface area contributed by atoms with E-state index in [-0.39, 0.29) is 16.4 Å². The Kier molecular flexibility index (Phi) is 5.31. The van der Waals surface area contributed by atoms with Gasteiger partial charge in [-0.3, -0.25) is 4.68 Å². The van der Waals surface area contributed by atoms with Crippen LogP contribution in [-0.2, 0) is 23.7 Å². The van der Waals surface area contributed by atoms with Gasteiger partial charge in [0.1, 0.15) is 5.82 Å². The minimum Gasteiger partial charge on any atom is -0.392 e. The number of benzene rings is 2. The molecule has 4 N–H and O–H groups in total. The fourth-order valence-corrected chi connectivity index (χ4v) is 4.01. The minimum atomic E-state index is -3.99. The summed E-state index contributed by atoms with van der Waals surface area (Å²) in [6, 6.07) is 12.1. The van der Waals surface area contributed by atoms with Gasteiger partial charge in [-0.1, -0.05) is 6.07 Å². The van der Waals surface area contributed by atoms with Gasteiger partial charge in [-0.05, 0) is 42.0 Å². The first kappa shape index (κ1) is 20.7. The summed E-state index contributed by atoms with van der Waals surface area (Å²) in [6.45, 7) is -0.441. The Morgan fingerprint density at radius 2 is 2.00 bits per heavy atom. The third-order valence-corrected chi connectivity index (χ3v) is 5.77. The lowest BCUT2D eigenvalue weighted by Crippen LogP contribution is -2.15. The lowest BCUT2D eigenvalue weighted by Gasteiger charge is -2.19. The number of aromatic nitrogens is 4. The lowest BCUT2D eigenvalue weighted by molar-refractivity contribution is 0.278. The third kappa shape index (κ3) is 4.33. The van der Waals surface area contributed by atoms with Gasteiger partial charge >= 0.3 is 0 Å². The van der Waals surface area contributed by atoms with Gasteiger partial charge in [0.25, 0.3) is 0 Å². The van der Waals surface area contributed by atoms with Crippen LogP contribution in [0.5, 0.6) is 0 Å². The van der Waals surface area contributed by atoms with E-state index in [0.29, 0.717) is 11.5 Å². The Morgan fingerprint density at radius 1 is 1.19 bits per heavy atom. The van der Waals surface area contributed by atoms with Crippen molar-refractivity contribution in [2.24, 2.45) is 12.2 Å². The molecule has 0 aliphatic heterocycles. The van der Waals surface area contributed by atoms with E-state index >= 15 is 0 Å². The summed E-state index contributed by atoms with van der Waals surface area (Å²) < 4.78 is 25.4. The number of fused-ring (bicyclic) bond motifs is 1. The number of aryl methyl sites for hydroxylation is 1. The van der Waals surface area contributed by atoms with E-state index in [9.17, 15) is 13.5 Å². The number of hydrogen-bond donors (Lipinski definition) is 3. The molecule has 2 heterocycles. The Hall–Kier alpha value is -3.54. The van der Waals surface area contributed by atoms with Gasteiger partial charge in [-0.15, -0.1) is 0 Å². The van der Waals surface area contributed by atoms with Crippen LogP contribution in [0.2, 0.25) is 0 Å². The van der Waals surface area contributed by atoms with Crippen LogP contribution in [0.25, 0.3) is 10.9 Å². The Bertz CT molecular complexity index is 1370. The average Bonchev–Trinajstić information content (AvgIpc) is 3.12. The standard InChI is InChI=1S/C20H21N7O3S/c1-26-11-13-4-6-16(10-17(13)25-26)27(2)19-7-8-22-20(24-19)23-15-5-3-14(12-28)18(9-15)31(21,29)30/h3-11,28H,12H2,1-2H3,(H2,21,29,30)(H,22,23,24). The van der Waals surface area contributed by atoms with Crippen LogP contribution < -0.4 is 15.4 Å². The highest BCUT2D eigenvalue weighted by molar-refractivity contribution is 7.89. The molecule has 0 saturated heterocycles. The fourth-order valence-electron chi connectivity index (χ4n) is 3.22. The number of sulfonamides is 1. The van der Waals surface area contributed by atoms with Crippen molar-refractivity contribution in [1.29, 1.82) is 0 Å². The van der Waals surface area contributed by atoms with E-state index in [4.69, 9.17) is 5.14 Å². The molecule has 0 aliphatic rings. The van der Waals surface area contributed by atoms with Gasteiger partial charge in [-0.25, -0.2) is 18.5 Å². The topological polar surface area (TPSA) is 139 Å². The maximum absolute atomic E-state index is 11.8. The highest BCUT2D eigenvalue weighted by atomic mass is 32.2. The molecule has 0 saturated carbocycles. The van der Waals surface area contributed by atoms with Crippen LogP contribution in [0.15, 0.2) is 59.8 Å². The largest absolute Gasteiger partial charge is 0.392 e. The van der Waals surface area contributed by atoms with Crippen molar-refractivity contribution in [3.05, 3.63) is 60.4 Å². The second kappa shape index (κ2) is 7.95. The molecular weight excluding hydrogens is 418 g/mol. The summed E-state index contributed by atoms with van der Waals surface area (Å²) in [6.07, 6.45) is 3.55. The molecule has 0 amide bonds. The number of aliphatic hydroxyl groups is 1. The van der Waals surface area contributed by atoms with E-state index in [0.717, 1.165) is 16.6 Å². The van der Waals surface area contributed by atoms with Crippen molar-refractivity contribution in [3.63, 3.8) is 0 Å². The number of nitrogens with two attached hydrogens (primary N) is 1. The first-order chi connectivity index (χ1) is 14.7. The Labute approximate surface area is 179 Å². The van der Waals surface area contributed by atoms with Crippen molar-refractivity contribution < 1.29 is 13.5 Å². The van der Waals surface area contributed by atoms with Crippen LogP contribution in [0.1, 0.15) is 5.56 Å². The molecule has 0 bridgehead atoms. The SMILES string of the molecule is CN(c1ccc2cn(C)nc2c1)c1ccnc(Nc2ccc(CO)c(S(N)(=O)=O)c2)n1. The Balaban J connectivity index is 1.62. The zero-order chi connectivity index (χ0) is 22.2. The highest BCUT2D eigenvalue weighted by Crippen LogP contribution is 2.27. The van der Waals surface area contributed by atoms with E-state index in [1.807, 2.05) is 43.4 Å². The summed E-state index contributed by atoms with van der Waals surface area (Å²) in [4.78, 5) is 10.5. The maximum Gasteiger partial charge on any atom is 0.238 e. The molecule has 0 aliphatic carbocycles. The molecule has 0 spiro atoms. The highest BCUT2D eigenvalue weighted by Gasteiger charge is 2.15. The van der Waals surface area contributed by atoms with Crippen molar-refractivity contribution >= 4 is 44.1 Å². The van der Waals surface area contributed by atoms with Crippen molar-refractivity contribution in [2.75, 3.05) is 17.3 Å². The summed E-state index contributed by atoms with van der Waals surface area (Å²) in [5.74, 6) is 0.909. The van der Waals surface area contributed by atoms with E-state index < -0.39 is 16.6 Å². The molecule has 0 fully saturated rings. The zero-order valence-corrected chi connectivity index (χ0v) is 17.7. The quantitative estimate of drug-likeness (QED) is 0.415. The molecule has 0 radical (unpaired) electrons. The third-order valence-electron chi connectivity index (χ3n) is 4.78. The molecule has 0 atom stereocenters. The summed E-state index contributed by atoms with van der Waals surface area (Å²) in [5.41, 5.74) is 2.42. The van der Waals surface area contributed by atoms with E-state index in [1.165, 1.54) is 12.1 Å². The van der Waals surface area contributed by atoms with Crippen LogP contribution in [-0.4, -0.2) is 40.3 Å². The molecule has 0 unspecified atom stereocenters. The number of nitrogens with one attached hydrogen (secondary N) is 1. The van der Waals surface area contributed by atoms with Crippen molar-refractivity contribution in [2.45, 2.75) is 11.5 Å². The number of anilines is 4. The molecule has 160 valence electrons. The molecule has 2 aromatic carbocycles. The number of nitrogens with zero attached hydrogens (tertiary/aromatic N) is 5. The van der Waals surface area contributed by atoms with Gasteiger partial charge in [0.2, 0.25) is 16.0 Å². The smallest absolute Gasteiger partial charge is 0.238 e. The maximum atomic E-state index is 11.8. The predicted octanol–water partition coefficient (Wildman–Crippen LogP) is 2.01. The Morgan fingerprint density at radius 3 is 2.74 bits per heavy atom. The van der Waals surface area contributed by atoms with E-state index in [2.05, 4.69) is 20.4 Å². The zero-order valence-electron chi connectivity index (χ0n) is 16.9. The van der Waals surface area contributed by atoms with Crippen LogP contribution in [0.4, 0.5) is 23.1 Å². The van der Waals surface area contributed by atoms with Gasteiger partial charge in [0.05, 0.1) is 17.0 Å². The molecule has 2 aromatic heterocycles. The molecular formula is C20H21N7O3S. The van der Waals surface area contributed by atoms with E-state index in [1.54, 1.807) is 23.0 Å². The number of aliphatic hydroxyl groups excluding tert-OH is 1. The fraction of sp³-hybridized carbons (Fsp3) is 0.150. The normalized spacial score (nSPS) is 11.6. The molecule has 4 rings (SSSR count).